The zero-order chi connectivity index (χ0) is 21.4. The zero-order valence-electron chi connectivity index (χ0n) is 16.9. The lowest BCUT2D eigenvalue weighted by Crippen LogP contribution is -2.37. The van der Waals surface area contributed by atoms with E-state index in [9.17, 15) is 13.6 Å². The number of amides is 1. The van der Waals surface area contributed by atoms with E-state index in [-0.39, 0.29) is 24.7 Å². The topological polar surface area (TPSA) is 83.3 Å². The van der Waals surface area contributed by atoms with E-state index in [4.69, 9.17) is 0 Å². The number of alkyl halides is 1. The van der Waals surface area contributed by atoms with Gasteiger partial charge in [-0.15, -0.1) is 5.10 Å². The number of hydrogen-bond acceptors (Lipinski definition) is 5. The van der Waals surface area contributed by atoms with Gasteiger partial charge < -0.3 is 16.0 Å². The van der Waals surface area contributed by atoms with E-state index in [0.29, 0.717) is 29.4 Å². The molecule has 1 saturated heterocycles. The third-order valence-electron chi connectivity index (χ3n) is 6.01. The summed E-state index contributed by atoms with van der Waals surface area (Å²) in [7, 11) is 0. The molecule has 2 aliphatic rings. The first kappa shape index (κ1) is 19.9. The minimum Gasteiger partial charge on any atom is -0.366 e. The molecular weight excluding hydrogens is 402 g/mol. The molecule has 0 spiro atoms. The van der Waals surface area contributed by atoms with Gasteiger partial charge in [0.05, 0.1) is 17.5 Å². The van der Waals surface area contributed by atoms with Gasteiger partial charge in [-0.1, -0.05) is 6.07 Å². The van der Waals surface area contributed by atoms with E-state index in [1.165, 1.54) is 18.6 Å². The molecule has 31 heavy (non-hydrogen) atoms. The number of nitrogens with one attached hydrogen (secondary N) is 3. The lowest BCUT2D eigenvalue weighted by atomic mass is 9.93. The Kier molecular flexibility index (Phi) is 5.27. The minimum atomic E-state index is -0.901. The third-order valence-corrected chi connectivity index (χ3v) is 6.01. The molecule has 0 radical (unpaired) electrons. The molecule has 3 heterocycles. The lowest BCUT2D eigenvalue weighted by molar-refractivity contribution is 0.0946. The molecule has 1 saturated carbocycles. The molecule has 3 N–H and O–H groups in total. The third kappa shape index (κ3) is 4.10. The Labute approximate surface area is 178 Å². The van der Waals surface area contributed by atoms with Gasteiger partial charge in [-0.05, 0) is 49.9 Å². The van der Waals surface area contributed by atoms with Gasteiger partial charge in [0.1, 0.15) is 17.8 Å². The lowest BCUT2D eigenvalue weighted by Gasteiger charge is -2.26. The number of aromatic nitrogens is 3. The number of carbonyl (C=O) groups excluding carboxylic acids is 1. The fraction of sp³-hybridized carbons (Fsp3) is 0.409. The maximum Gasteiger partial charge on any atom is 0.254 e. The molecule has 1 aliphatic carbocycles. The molecule has 7 nitrogen and oxygen atoms in total. The molecule has 2 fully saturated rings. The zero-order valence-corrected chi connectivity index (χ0v) is 16.9. The largest absolute Gasteiger partial charge is 0.366 e. The number of hydrogen-bond donors (Lipinski definition) is 3. The van der Waals surface area contributed by atoms with Gasteiger partial charge in [0.2, 0.25) is 0 Å². The van der Waals surface area contributed by atoms with Crippen molar-refractivity contribution in [1.29, 1.82) is 0 Å². The Morgan fingerprint density at radius 1 is 1.26 bits per heavy atom. The Bertz CT molecular complexity index is 1110. The number of benzene rings is 1. The summed E-state index contributed by atoms with van der Waals surface area (Å²) in [5, 5.41) is 13.7. The van der Waals surface area contributed by atoms with Crippen molar-refractivity contribution in [3.05, 3.63) is 47.9 Å². The van der Waals surface area contributed by atoms with Crippen LogP contribution in [0.5, 0.6) is 0 Å². The SMILES string of the molecule is O=C(NC[C@@H]1C[C@@H](F)CN1)c1ccc(-c2cnc3ccc(NC4CCC4)nn23)cc1F. The Balaban J connectivity index is 1.33. The van der Waals surface area contributed by atoms with E-state index < -0.39 is 17.9 Å². The number of fused-ring (bicyclic) bond motifs is 1. The van der Waals surface area contributed by atoms with Gasteiger partial charge in [0.15, 0.2) is 5.65 Å². The second-order valence-corrected chi connectivity index (χ2v) is 8.25. The molecule has 9 heteroatoms. The fourth-order valence-corrected chi connectivity index (χ4v) is 4.00. The van der Waals surface area contributed by atoms with E-state index in [1.807, 2.05) is 12.1 Å². The minimum absolute atomic E-state index is 0.0485. The summed E-state index contributed by atoms with van der Waals surface area (Å²) >= 11 is 0. The van der Waals surface area contributed by atoms with Crippen molar-refractivity contribution < 1.29 is 13.6 Å². The summed E-state index contributed by atoms with van der Waals surface area (Å²) in [6, 6.07) is 8.53. The van der Waals surface area contributed by atoms with Crippen LogP contribution < -0.4 is 16.0 Å². The van der Waals surface area contributed by atoms with Crippen molar-refractivity contribution in [2.24, 2.45) is 0 Å². The summed E-state index contributed by atoms with van der Waals surface area (Å²) in [5.74, 6) is -0.392. The van der Waals surface area contributed by atoms with Gasteiger partial charge in [-0.3, -0.25) is 4.79 Å². The van der Waals surface area contributed by atoms with Crippen LogP contribution in [0.25, 0.3) is 16.9 Å². The van der Waals surface area contributed by atoms with Crippen LogP contribution in [0.4, 0.5) is 14.6 Å². The number of imidazole rings is 1. The number of carbonyl (C=O) groups is 1. The van der Waals surface area contributed by atoms with Crippen LogP contribution in [0.15, 0.2) is 36.5 Å². The molecule has 1 aliphatic heterocycles. The molecule has 162 valence electrons. The first-order chi connectivity index (χ1) is 15.1. The van der Waals surface area contributed by atoms with Crippen LogP contribution in [0, 0.1) is 5.82 Å². The van der Waals surface area contributed by atoms with Crippen molar-refractivity contribution in [2.45, 2.75) is 43.9 Å². The van der Waals surface area contributed by atoms with E-state index in [0.717, 1.165) is 18.7 Å². The van der Waals surface area contributed by atoms with E-state index in [2.05, 4.69) is 26.0 Å². The van der Waals surface area contributed by atoms with Crippen LogP contribution in [0.2, 0.25) is 0 Å². The molecule has 1 amide bonds. The van der Waals surface area contributed by atoms with Gasteiger partial charge >= 0.3 is 0 Å². The summed E-state index contributed by atoms with van der Waals surface area (Å²) in [6.45, 7) is 0.545. The highest BCUT2D eigenvalue weighted by molar-refractivity contribution is 5.95. The number of nitrogens with zero attached hydrogens (tertiary/aromatic N) is 3. The van der Waals surface area contributed by atoms with E-state index >= 15 is 0 Å². The number of rotatable bonds is 6. The second kappa shape index (κ2) is 8.22. The van der Waals surface area contributed by atoms with Crippen LogP contribution in [0.1, 0.15) is 36.0 Å². The molecule has 1 aromatic carbocycles. The van der Waals surface area contributed by atoms with Crippen molar-refractivity contribution in [3.63, 3.8) is 0 Å². The summed E-state index contributed by atoms with van der Waals surface area (Å²) in [5.41, 5.74) is 1.83. The summed E-state index contributed by atoms with van der Waals surface area (Å²) in [6.07, 6.45) is 4.58. The van der Waals surface area contributed by atoms with Gasteiger partial charge in [0.25, 0.3) is 5.91 Å². The van der Waals surface area contributed by atoms with Gasteiger partial charge in [0, 0.05) is 30.7 Å². The highest BCUT2D eigenvalue weighted by Gasteiger charge is 2.24. The molecule has 5 rings (SSSR count). The molecule has 2 aromatic heterocycles. The smallest absolute Gasteiger partial charge is 0.254 e. The fourth-order valence-electron chi connectivity index (χ4n) is 4.00. The molecule has 3 aromatic rings. The number of halogens is 2. The van der Waals surface area contributed by atoms with Crippen LogP contribution in [-0.4, -0.2) is 51.9 Å². The Morgan fingerprint density at radius 2 is 2.13 bits per heavy atom. The standard InChI is InChI=1S/C22H24F2N6O/c23-14-9-16(25-10-14)11-27-22(31)17-5-4-13(8-18(17)24)19-12-26-21-7-6-20(29-30(19)21)28-15-2-1-3-15/h4-8,12,14-16,25H,1-3,9-11H2,(H,27,31)(H,28,29)/t14-,16+/m1/s1. The predicted octanol–water partition coefficient (Wildman–Crippen LogP) is 2.93. The van der Waals surface area contributed by atoms with Gasteiger partial charge in [-0.2, -0.15) is 0 Å². The van der Waals surface area contributed by atoms with Crippen molar-refractivity contribution in [2.75, 3.05) is 18.4 Å². The molecule has 2 atom stereocenters. The first-order valence-electron chi connectivity index (χ1n) is 10.6. The number of anilines is 1. The average Bonchev–Trinajstić information content (AvgIpc) is 3.34. The predicted molar refractivity (Wildman–Crippen MR) is 113 cm³/mol. The van der Waals surface area contributed by atoms with Crippen LogP contribution in [0.3, 0.4) is 0 Å². The molecular formula is C22H24F2N6O. The summed E-state index contributed by atoms with van der Waals surface area (Å²) in [4.78, 5) is 16.7. The van der Waals surface area contributed by atoms with Crippen molar-refractivity contribution in [3.8, 4) is 11.3 Å². The quantitative estimate of drug-likeness (QED) is 0.565. The average molecular weight is 426 g/mol. The monoisotopic (exact) mass is 426 g/mol. The van der Waals surface area contributed by atoms with Crippen molar-refractivity contribution in [1.82, 2.24) is 25.2 Å². The van der Waals surface area contributed by atoms with Gasteiger partial charge in [-0.25, -0.2) is 18.3 Å². The summed E-state index contributed by atoms with van der Waals surface area (Å²) < 4.78 is 29.7. The van der Waals surface area contributed by atoms with Crippen LogP contribution in [-0.2, 0) is 0 Å². The Morgan fingerprint density at radius 3 is 2.84 bits per heavy atom. The van der Waals surface area contributed by atoms with E-state index in [1.54, 1.807) is 16.8 Å². The molecule has 0 bridgehead atoms. The maximum absolute atomic E-state index is 14.8. The maximum atomic E-state index is 14.8. The highest BCUT2D eigenvalue weighted by atomic mass is 19.1. The molecule has 0 unspecified atom stereocenters. The van der Waals surface area contributed by atoms with Crippen molar-refractivity contribution >= 4 is 17.4 Å². The normalized spacial score (nSPS) is 21.2. The second-order valence-electron chi connectivity index (χ2n) is 8.25. The Hall–Kier alpha value is -3.07. The highest BCUT2D eigenvalue weighted by Crippen LogP contribution is 2.25. The first-order valence-corrected chi connectivity index (χ1v) is 10.6. The van der Waals surface area contributed by atoms with Crippen LogP contribution >= 0.6 is 0 Å².